The number of hydrogen-bond acceptors (Lipinski definition) is 3. The van der Waals surface area contributed by atoms with Crippen LogP contribution in [0.3, 0.4) is 0 Å². The van der Waals surface area contributed by atoms with Crippen LogP contribution >= 0.6 is 0 Å². The summed E-state index contributed by atoms with van der Waals surface area (Å²) in [5, 5.41) is 3.51. The van der Waals surface area contributed by atoms with E-state index in [9.17, 15) is 0 Å². The van der Waals surface area contributed by atoms with Crippen LogP contribution in [-0.2, 0) is 4.74 Å². The van der Waals surface area contributed by atoms with E-state index in [4.69, 9.17) is 4.74 Å². The normalized spacial score (nSPS) is 19.5. The van der Waals surface area contributed by atoms with E-state index < -0.39 is 0 Å². The van der Waals surface area contributed by atoms with Crippen LogP contribution in [0.1, 0.15) is 23.1 Å². The van der Waals surface area contributed by atoms with Gasteiger partial charge in [0.05, 0.1) is 13.2 Å². The largest absolute Gasteiger partial charge is 0.379 e. The van der Waals surface area contributed by atoms with Crippen molar-refractivity contribution in [3.63, 3.8) is 0 Å². The van der Waals surface area contributed by atoms with Crippen LogP contribution in [0.5, 0.6) is 0 Å². The summed E-state index contributed by atoms with van der Waals surface area (Å²) in [5.74, 6) is 0. The summed E-state index contributed by atoms with van der Waals surface area (Å²) in [4.78, 5) is 2.36. The van der Waals surface area contributed by atoms with Crippen molar-refractivity contribution in [1.82, 2.24) is 5.32 Å². The third kappa shape index (κ3) is 3.71. The second-order valence-corrected chi connectivity index (χ2v) is 5.66. The van der Waals surface area contributed by atoms with Gasteiger partial charge in [0.15, 0.2) is 0 Å². The Morgan fingerprint density at radius 3 is 2.63 bits per heavy atom. The van der Waals surface area contributed by atoms with E-state index in [0.717, 1.165) is 32.7 Å². The molecule has 1 aromatic rings. The Hall–Kier alpha value is -1.06. The minimum absolute atomic E-state index is 0.503. The average molecular weight is 262 g/mol. The molecule has 1 fully saturated rings. The maximum absolute atomic E-state index is 5.50. The molecule has 106 valence electrons. The van der Waals surface area contributed by atoms with E-state index >= 15 is 0 Å². The molecule has 0 radical (unpaired) electrons. The topological polar surface area (TPSA) is 24.5 Å². The number of aryl methyl sites for hydroxylation is 3. The van der Waals surface area contributed by atoms with Gasteiger partial charge < -0.3 is 15.0 Å². The standard InChI is InChI=1S/C16H26N2O/c1-12-9-14(3)16(10-13(12)2)18(4)7-5-15-11-19-8-6-17-15/h9-10,15,17H,5-8,11H2,1-4H3. The Morgan fingerprint density at radius 2 is 1.95 bits per heavy atom. The van der Waals surface area contributed by atoms with Gasteiger partial charge in [-0.1, -0.05) is 6.07 Å². The van der Waals surface area contributed by atoms with E-state index in [1.54, 1.807) is 0 Å². The lowest BCUT2D eigenvalue weighted by molar-refractivity contribution is 0.0749. The van der Waals surface area contributed by atoms with Gasteiger partial charge in [0, 0.05) is 31.9 Å². The molecule has 2 rings (SSSR count). The number of anilines is 1. The zero-order valence-corrected chi connectivity index (χ0v) is 12.6. The Labute approximate surface area is 116 Å². The van der Waals surface area contributed by atoms with E-state index in [1.807, 2.05) is 0 Å². The van der Waals surface area contributed by atoms with Crippen LogP contribution in [0.15, 0.2) is 12.1 Å². The van der Waals surface area contributed by atoms with Crippen molar-refractivity contribution in [2.75, 3.05) is 38.3 Å². The lowest BCUT2D eigenvalue weighted by atomic mass is 10.0. The number of nitrogens with one attached hydrogen (secondary N) is 1. The molecule has 1 aromatic carbocycles. The molecule has 0 spiro atoms. The van der Waals surface area contributed by atoms with Gasteiger partial charge in [0.1, 0.15) is 0 Å². The summed E-state index contributed by atoms with van der Waals surface area (Å²) in [6.45, 7) is 10.3. The number of hydrogen-bond donors (Lipinski definition) is 1. The molecule has 3 nitrogen and oxygen atoms in total. The van der Waals surface area contributed by atoms with Crippen LogP contribution < -0.4 is 10.2 Å². The summed E-state index contributed by atoms with van der Waals surface area (Å²) in [6, 6.07) is 5.08. The third-order valence-corrected chi connectivity index (χ3v) is 4.03. The number of rotatable bonds is 4. The third-order valence-electron chi connectivity index (χ3n) is 4.03. The minimum Gasteiger partial charge on any atom is -0.379 e. The second-order valence-electron chi connectivity index (χ2n) is 5.66. The van der Waals surface area contributed by atoms with Crippen molar-refractivity contribution in [1.29, 1.82) is 0 Å². The summed E-state index contributed by atoms with van der Waals surface area (Å²) in [5.41, 5.74) is 5.45. The zero-order chi connectivity index (χ0) is 13.8. The molecule has 3 heteroatoms. The molecule has 1 atom stereocenters. The first-order valence-electron chi connectivity index (χ1n) is 7.18. The van der Waals surface area contributed by atoms with Crippen molar-refractivity contribution in [2.45, 2.75) is 33.2 Å². The Kier molecular flexibility index (Phi) is 4.83. The van der Waals surface area contributed by atoms with E-state index in [1.165, 1.54) is 22.4 Å². The molecule has 1 aliphatic rings. The molecular weight excluding hydrogens is 236 g/mol. The molecule has 1 unspecified atom stereocenters. The van der Waals surface area contributed by atoms with E-state index in [2.05, 4.69) is 50.2 Å². The predicted octanol–water partition coefficient (Wildman–Crippen LogP) is 2.43. The summed E-state index contributed by atoms with van der Waals surface area (Å²) >= 11 is 0. The smallest absolute Gasteiger partial charge is 0.0620 e. The van der Waals surface area contributed by atoms with Crippen LogP contribution in [-0.4, -0.2) is 39.4 Å². The highest BCUT2D eigenvalue weighted by molar-refractivity contribution is 5.56. The lowest BCUT2D eigenvalue weighted by Crippen LogP contribution is -2.43. The molecule has 1 N–H and O–H groups in total. The van der Waals surface area contributed by atoms with Gasteiger partial charge in [0.25, 0.3) is 0 Å². The summed E-state index contributed by atoms with van der Waals surface area (Å²) in [7, 11) is 2.18. The summed E-state index contributed by atoms with van der Waals surface area (Å²) < 4.78 is 5.50. The van der Waals surface area contributed by atoms with Crippen LogP contribution in [0.2, 0.25) is 0 Å². The van der Waals surface area contributed by atoms with Crippen molar-refractivity contribution >= 4 is 5.69 Å². The molecule has 0 saturated carbocycles. The predicted molar refractivity (Wildman–Crippen MR) is 81.1 cm³/mol. The second kappa shape index (κ2) is 6.40. The van der Waals surface area contributed by atoms with Crippen molar-refractivity contribution < 1.29 is 4.74 Å². The van der Waals surface area contributed by atoms with Gasteiger partial charge in [-0.2, -0.15) is 0 Å². The molecule has 0 aliphatic carbocycles. The lowest BCUT2D eigenvalue weighted by Gasteiger charge is -2.28. The van der Waals surface area contributed by atoms with Gasteiger partial charge in [-0.3, -0.25) is 0 Å². The van der Waals surface area contributed by atoms with Crippen molar-refractivity contribution in [2.24, 2.45) is 0 Å². The maximum atomic E-state index is 5.50. The fourth-order valence-corrected chi connectivity index (χ4v) is 2.63. The fourth-order valence-electron chi connectivity index (χ4n) is 2.63. The highest BCUT2D eigenvalue weighted by Crippen LogP contribution is 2.23. The maximum Gasteiger partial charge on any atom is 0.0620 e. The molecule has 1 aliphatic heterocycles. The number of nitrogens with zero attached hydrogens (tertiary/aromatic N) is 1. The number of ether oxygens (including phenoxy) is 1. The van der Waals surface area contributed by atoms with Crippen molar-refractivity contribution in [3.8, 4) is 0 Å². The Morgan fingerprint density at radius 1 is 1.21 bits per heavy atom. The first kappa shape index (κ1) is 14.4. The monoisotopic (exact) mass is 262 g/mol. The quantitative estimate of drug-likeness (QED) is 0.902. The molecular formula is C16H26N2O. The zero-order valence-electron chi connectivity index (χ0n) is 12.6. The molecule has 1 saturated heterocycles. The van der Waals surface area contributed by atoms with Gasteiger partial charge in [0.2, 0.25) is 0 Å². The molecule has 1 heterocycles. The molecule has 0 amide bonds. The number of morpholine rings is 1. The van der Waals surface area contributed by atoms with Gasteiger partial charge in [-0.05, 0) is 49.9 Å². The Balaban J connectivity index is 1.95. The Bertz CT molecular complexity index is 425. The first-order valence-corrected chi connectivity index (χ1v) is 7.18. The molecule has 0 aromatic heterocycles. The number of benzene rings is 1. The van der Waals surface area contributed by atoms with Crippen LogP contribution in [0.4, 0.5) is 5.69 Å². The highest BCUT2D eigenvalue weighted by Gasteiger charge is 2.14. The SMILES string of the molecule is Cc1cc(C)c(N(C)CCC2COCCN2)cc1C. The van der Waals surface area contributed by atoms with Gasteiger partial charge in [-0.15, -0.1) is 0 Å². The first-order chi connectivity index (χ1) is 9.08. The average Bonchev–Trinajstić information content (AvgIpc) is 2.41. The van der Waals surface area contributed by atoms with Gasteiger partial charge in [-0.25, -0.2) is 0 Å². The molecule has 0 bridgehead atoms. The molecule has 19 heavy (non-hydrogen) atoms. The highest BCUT2D eigenvalue weighted by atomic mass is 16.5. The van der Waals surface area contributed by atoms with Crippen LogP contribution in [0, 0.1) is 20.8 Å². The van der Waals surface area contributed by atoms with E-state index in [0.29, 0.717) is 6.04 Å². The van der Waals surface area contributed by atoms with Crippen LogP contribution in [0.25, 0.3) is 0 Å². The van der Waals surface area contributed by atoms with Crippen molar-refractivity contribution in [3.05, 3.63) is 28.8 Å². The minimum atomic E-state index is 0.503. The van der Waals surface area contributed by atoms with Gasteiger partial charge >= 0.3 is 0 Å². The summed E-state index contributed by atoms with van der Waals surface area (Å²) in [6.07, 6.45) is 1.13. The van der Waals surface area contributed by atoms with E-state index in [-0.39, 0.29) is 0 Å². The fraction of sp³-hybridized carbons (Fsp3) is 0.625.